The summed E-state index contributed by atoms with van der Waals surface area (Å²) in [5.74, 6) is 0.470. The van der Waals surface area contributed by atoms with Gasteiger partial charge in [0.2, 0.25) is 0 Å². The first-order valence-corrected chi connectivity index (χ1v) is 5.09. The highest BCUT2D eigenvalue weighted by Gasteiger charge is 2.22. The number of rotatable bonds is 3. The minimum Gasteiger partial charge on any atom is -0.459 e. The van der Waals surface area contributed by atoms with Crippen LogP contribution in [0.15, 0.2) is 12.7 Å². The molecule has 2 unspecified atom stereocenters. The van der Waals surface area contributed by atoms with Gasteiger partial charge < -0.3 is 4.74 Å². The van der Waals surface area contributed by atoms with Gasteiger partial charge >= 0.3 is 5.97 Å². The van der Waals surface area contributed by atoms with Crippen LogP contribution in [0.25, 0.3) is 0 Å². The second-order valence-corrected chi connectivity index (χ2v) is 3.70. The molecule has 0 heterocycles. The maximum Gasteiger partial charge on any atom is 0.330 e. The number of esters is 1. The maximum atomic E-state index is 10.9. The second-order valence-electron chi connectivity index (χ2n) is 3.70. The third kappa shape index (κ3) is 3.21. The lowest BCUT2D eigenvalue weighted by Crippen LogP contribution is -2.24. The molecule has 0 N–H and O–H groups in total. The van der Waals surface area contributed by atoms with Gasteiger partial charge in [-0.05, 0) is 25.2 Å². The molecule has 1 fully saturated rings. The molecule has 0 spiro atoms. The number of hydrogen-bond acceptors (Lipinski definition) is 2. The van der Waals surface area contributed by atoms with Crippen LogP contribution in [0.5, 0.6) is 0 Å². The van der Waals surface area contributed by atoms with Crippen molar-refractivity contribution in [2.24, 2.45) is 5.92 Å². The van der Waals surface area contributed by atoms with E-state index in [9.17, 15) is 4.79 Å². The molecule has 2 atom stereocenters. The van der Waals surface area contributed by atoms with Gasteiger partial charge in [-0.25, -0.2) is 4.79 Å². The Morgan fingerprint density at radius 1 is 1.62 bits per heavy atom. The predicted molar refractivity (Wildman–Crippen MR) is 52.3 cm³/mol. The molecule has 1 rings (SSSR count). The summed E-state index contributed by atoms with van der Waals surface area (Å²) in [5.41, 5.74) is 0. The fourth-order valence-corrected chi connectivity index (χ4v) is 1.93. The molecule has 13 heavy (non-hydrogen) atoms. The van der Waals surface area contributed by atoms with Gasteiger partial charge in [0.15, 0.2) is 0 Å². The van der Waals surface area contributed by atoms with Gasteiger partial charge in [-0.3, -0.25) is 0 Å². The van der Waals surface area contributed by atoms with E-state index < -0.39 is 0 Å². The molecule has 0 bridgehead atoms. The van der Waals surface area contributed by atoms with Crippen LogP contribution in [0.4, 0.5) is 0 Å². The fraction of sp³-hybridized carbons (Fsp3) is 0.727. The van der Waals surface area contributed by atoms with Crippen LogP contribution in [0.2, 0.25) is 0 Å². The van der Waals surface area contributed by atoms with Gasteiger partial charge in [0.05, 0.1) is 0 Å². The number of carbonyl (C=O) groups is 1. The Hall–Kier alpha value is -0.790. The fourth-order valence-electron chi connectivity index (χ4n) is 1.93. The Morgan fingerprint density at radius 2 is 2.38 bits per heavy atom. The number of carbonyl (C=O) groups excluding carboxylic acids is 1. The minimum absolute atomic E-state index is 0.143. The summed E-state index contributed by atoms with van der Waals surface area (Å²) >= 11 is 0. The average Bonchev–Trinajstić information content (AvgIpc) is 2.18. The lowest BCUT2D eigenvalue weighted by molar-refractivity contribution is -0.145. The van der Waals surface area contributed by atoms with Gasteiger partial charge in [0, 0.05) is 6.08 Å². The van der Waals surface area contributed by atoms with Gasteiger partial charge in [0.1, 0.15) is 6.10 Å². The molecule has 1 saturated carbocycles. The molecule has 0 aromatic carbocycles. The third-order valence-corrected chi connectivity index (χ3v) is 2.76. The van der Waals surface area contributed by atoms with Crippen molar-refractivity contribution in [3.05, 3.63) is 12.7 Å². The van der Waals surface area contributed by atoms with Crippen LogP contribution in [0.3, 0.4) is 0 Å². The average molecular weight is 182 g/mol. The van der Waals surface area contributed by atoms with Crippen molar-refractivity contribution in [1.82, 2.24) is 0 Å². The molecule has 1 aliphatic carbocycles. The summed E-state index contributed by atoms with van der Waals surface area (Å²) in [6.45, 7) is 5.59. The predicted octanol–water partition coefficient (Wildman–Crippen LogP) is 2.68. The summed E-state index contributed by atoms with van der Waals surface area (Å²) in [5, 5.41) is 0. The van der Waals surface area contributed by atoms with Crippen LogP contribution < -0.4 is 0 Å². The van der Waals surface area contributed by atoms with Crippen molar-refractivity contribution in [1.29, 1.82) is 0 Å². The van der Waals surface area contributed by atoms with Crippen LogP contribution in [-0.2, 0) is 9.53 Å². The first-order valence-electron chi connectivity index (χ1n) is 5.09. The molecule has 2 nitrogen and oxygen atoms in total. The lowest BCUT2D eigenvalue weighted by atomic mass is 9.85. The highest BCUT2D eigenvalue weighted by atomic mass is 16.5. The number of ether oxygens (including phenoxy) is 1. The zero-order valence-corrected chi connectivity index (χ0v) is 8.29. The third-order valence-electron chi connectivity index (χ3n) is 2.76. The van der Waals surface area contributed by atoms with E-state index >= 15 is 0 Å². The molecule has 0 aromatic heterocycles. The highest BCUT2D eigenvalue weighted by Crippen LogP contribution is 2.28. The van der Waals surface area contributed by atoms with Crippen LogP contribution >= 0.6 is 0 Å². The van der Waals surface area contributed by atoms with Crippen LogP contribution in [0.1, 0.15) is 39.0 Å². The van der Waals surface area contributed by atoms with Gasteiger partial charge in [-0.2, -0.15) is 0 Å². The zero-order valence-electron chi connectivity index (χ0n) is 8.29. The zero-order chi connectivity index (χ0) is 9.68. The van der Waals surface area contributed by atoms with Crippen LogP contribution in [-0.4, -0.2) is 12.1 Å². The minimum atomic E-state index is -0.276. The molecular weight excluding hydrogens is 164 g/mol. The molecule has 2 heteroatoms. The summed E-state index contributed by atoms with van der Waals surface area (Å²) < 4.78 is 5.22. The molecule has 0 aliphatic heterocycles. The van der Waals surface area contributed by atoms with E-state index in [2.05, 4.69) is 13.5 Å². The second kappa shape index (κ2) is 5.05. The Bertz CT molecular complexity index is 187. The van der Waals surface area contributed by atoms with E-state index in [0.717, 1.165) is 18.8 Å². The largest absolute Gasteiger partial charge is 0.459 e. The Labute approximate surface area is 80.0 Å². The van der Waals surface area contributed by atoms with E-state index in [-0.39, 0.29) is 12.1 Å². The summed E-state index contributed by atoms with van der Waals surface area (Å²) in [6.07, 6.45) is 7.13. The monoisotopic (exact) mass is 182 g/mol. The first-order chi connectivity index (χ1) is 6.26. The van der Waals surface area contributed by atoms with E-state index in [1.165, 1.54) is 25.3 Å². The van der Waals surface area contributed by atoms with Crippen molar-refractivity contribution in [2.75, 3.05) is 0 Å². The summed E-state index contributed by atoms with van der Waals surface area (Å²) in [4.78, 5) is 10.9. The lowest BCUT2D eigenvalue weighted by Gasteiger charge is -2.27. The first kappa shape index (κ1) is 10.3. The molecular formula is C11H18O2. The van der Waals surface area contributed by atoms with Gasteiger partial charge in [-0.1, -0.05) is 26.3 Å². The molecule has 0 aromatic rings. The topological polar surface area (TPSA) is 26.3 Å². The molecule has 0 amide bonds. The molecule has 1 aliphatic rings. The van der Waals surface area contributed by atoms with Crippen molar-refractivity contribution < 1.29 is 9.53 Å². The van der Waals surface area contributed by atoms with Crippen molar-refractivity contribution in [3.63, 3.8) is 0 Å². The van der Waals surface area contributed by atoms with Gasteiger partial charge in [0.25, 0.3) is 0 Å². The smallest absolute Gasteiger partial charge is 0.330 e. The SMILES string of the molecule is C=CC(=O)OC1CCCC(CC)C1. The quantitative estimate of drug-likeness (QED) is 0.495. The molecule has 0 radical (unpaired) electrons. The summed E-state index contributed by atoms with van der Waals surface area (Å²) in [7, 11) is 0. The summed E-state index contributed by atoms with van der Waals surface area (Å²) in [6, 6.07) is 0. The van der Waals surface area contributed by atoms with E-state index in [4.69, 9.17) is 4.74 Å². The Morgan fingerprint density at radius 3 is 3.00 bits per heavy atom. The Kier molecular flexibility index (Phi) is 4.00. The van der Waals surface area contributed by atoms with E-state index in [0.29, 0.717) is 0 Å². The van der Waals surface area contributed by atoms with Gasteiger partial charge in [-0.15, -0.1) is 0 Å². The Balaban J connectivity index is 2.33. The van der Waals surface area contributed by atoms with Crippen molar-refractivity contribution in [3.8, 4) is 0 Å². The standard InChI is InChI=1S/C11H18O2/c1-3-9-6-5-7-10(8-9)13-11(12)4-2/h4,9-10H,2-3,5-8H2,1H3. The van der Waals surface area contributed by atoms with E-state index in [1.54, 1.807) is 0 Å². The highest BCUT2D eigenvalue weighted by molar-refractivity contribution is 5.81. The number of hydrogen-bond donors (Lipinski definition) is 0. The molecule has 0 saturated heterocycles. The van der Waals surface area contributed by atoms with E-state index in [1.807, 2.05) is 0 Å². The normalized spacial score (nSPS) is 28.1. The van der Waals surface area contributed by atoms with Crippen molar-refractivity contribution in [2.45, 2.75) is 45.1 Å². The van der Waals surface area contributed by atoms with Crippen LogP contribution in [0, 0.1) is 5.92 Å². The molecule has 74 valence electrons. The maximum absolute atomic E-state index is 10.9. The van der Waals surface area contributed by atoms with Crippen molar-refractivity contribution >= 4 is 5.97 Å².